The van der Waals surface area contributed by atoms with E-state index in [0.717, 1.165) is 11.3 Å². The summed E-state index contributed by atoms with van der Waals surface area (Å²) >= 11 is 1.21. The molecule has 0 aliphatic carbocycles. The summed E-state index contributed by atoms with van der Waals surface area (Å²) in [5, 5.41) is 5.86. The molecule has 1 atom stereocenters. The average molecular weight is 285 g/mol. The highest BCUT2D eigenvalue weighted by molar-refractivity contribution is 7.91. The summed E-state index contributed by atoms with van der Waals surface area (Å²) in [7, 11) is -1.61. The summed E-state index contributed by atoms with van der Waals surface area (Å²) in [6, 6.07) is 3.01. The Morgan fingerprint density at radius 3 is 2.72 bits per heavy atom. The molecular weight excluding hydrogens is 270 g/mol. The van der Waals surface area contributed by atoms with E-state index in [9.17, 15) is 8.42 Å². The maximum Gasteiger partial charge on any atom is 0.250 e. The van der Waals surface area contributed by atoms with Crippen LogP contribution in [0.4, 0.5) is 0 Å². The molecule has 0 bridgehead atoms. The van der Waals surface area contributed by atoms with Crippen LogP contribution in [-0.4, -0.2) is 18.2 Å². The minimum Gasteiger partial charge on any atom is -0.273 e. The van der Waals surface area contributed by atoms with Gasteiger partial charge < -0.3 is 0 Å². The molecule has 0 unspecified atom stereocenters. The van der Waals surface area contributed by atoms with E-state index >= 15 is 0 Å². The van der Waals surface area contributed by atoms with Crippen LogP contribution in [0.2, 0.25) is 0 Å². The van der Waals surface area contributed by atoms with Gasteiger partial charge in [0.2, 0.25) is 0 Å². The number of sulfonamides is 1. The van der Waals surface area contributed by atoms with Gasteiger partial charge in [-0.3, -0.25) is 4.68 Å². The van der Waals surface area contributed by atoms with Crippen LogP contribution in [0.3, 0.4) is 0 Å². The molecule has 0 amide bonds. The van der Waals surface area contributed by atoms with Gasteiger partial charge in [0.25, 0.3) is 10.0 Å². The Balaban J connectivity index is 2.22. The molecule has 0 fully saturated rings. The Kier molecular flexibility index (Phi) is 3.56. The van der Waals surface area contributed by atoms with Crippen LogP contribution in [-0.2, 0) is 17.1 Å². The van der Waals surface area contributed by atoms with Gasteiger partial charge in [0.05, 0.1) is 6.20 Å². The van der Waals surface area contributed by atoms with Crippen molar-refractivity contribution in [2.24, 2.45) is 7.05 Å². The quantitative estimate of drug-likeness (QED) is 0.932. The van der Waals surface area contributed by atoms with Gasteiger partial charge in [-0.05, 0) is 25.3 Å². The van der Waals surface area contributed by atoms with Crippen LogP contribution < -0.4 is 4.72 Å². The van der Waals surface area contributed by atoms with Crippen molar-refractivity contribution in [3.8, 4) is 0 Å². The van der Waals surface area contributed by atoms with E-state index in [1.807, 2.05) is 20.9 Å². The Bertz CT molecular complexity index is 629. The minimum atomic E-state index is -3.44. The Morgan fingerprint density at radius 1 is 1.50 bits per heavy atom. The number of aryl methyl sites for hydroxylation is 1. The third-order valence-corrected chi connectivity index (χ3v) is 5.77. The molecule has 18 heavy (non-hydrogen) atoms. The molecule has 0 saturated carbocycles. The Hall–Kier alpha value is -1.18. The highest BCUT2D eigenvalue weighted by Gasteiger charge is 2.21. The maximum atomic E-state index is 12.1. The van der Waals surface area contributed by atoms with Gasteiger partial charge in [-0.25, -0.2) is 13.1 Å². The summed E-state index contributed by atoms with van der Waals surface area (Å²) in [6.45, 7) is 3.73. The number of hydrogen-bond donors (Lipinski definition) is 1. The number of hydrogen-bond acceptors (Lipinski definition) is 4. The highest BCUT2D eigenvalue weighted by atomic mass is 32.2. The second kappa shape index (κ2) is 4.83. The van der Waals surface area contributed by atoms with E-state index in [1.54, 1.807) is 28.4 Å². The van der Waals surface area contributed by atoms with Gasteiger partial charge in [-0.1, -0.05) is 6.07 Å². The van der Waals surface area contributed by atoms with Crippen molar-refractivity contribution in [2.45, 2.75) is 24.1 Å². The van der Waals surface area contributed by atoms with Crippen molar-refractivity contribution >= 4 is 21.4 Å². The fraction of sp³-hybridized carbons (Fsp3) is 0.364. The largest absolute Gasteiger partial charge is 0.273 e. The molecule has 0 spiro atoms. The van der Waals surface area contributed by atoms with Gasteiger partial charge in [0.1, 0.15) is 4.21 Å². The van der Waals surface area contributed by atoms with Gasteiger partial charge >= 0.3 is 0 Å². The SMILES string of the molecule is Cc1c([C@@H](C)NS(=O)(=O)c2cccs2)cnn1C. The summed E-state index contributed by atoms with van der Waals surface area (Å²) in [5.41, 5.74) is 1.84. The minimum absolute atomic E-state index is 0.300. The topological polar surface area (TPSA) is 64.0 Å². The fourth-order valence-corrected chi connectivity index (χ4v) is 3.94. The van der Waals surface area contributed by atoms with E-state index in [2.05, 4.69) is 9.82 Å². The van der Waals surface area contributed by atoms with E-state index in [4.69, 9.17) is 0 Å². The zero-order chi connectivity index (χ0) is 13.3. The summed E-state index contributed by atoms with van der Waals surface area (Å²) in [4.78, 5) is 0. The predicted molar refractivity (Wildman–Crippen MR) is 71.0 cm³/mol. The Labute approximate surface area is 111 Å². The molecule has 0 aliphatic rings. The van der Waals surface area contributed by atoms with Crippen molar-refractivity contribution in [3.63, 3.8) is 0 Å². The number of nitrogens with one attached hydrogen (secondary N) is 1. The molecule has 2 aromatic rings. The highest BCUT2D eigenvalue weighted by Crippen LogP contribution is 2.21. The molecule has 98 valence electrons. The monoisotopic (exact) mass is 285 g/mol. The van der Waals surface area contributed by atoms with Crippen LogP contribution in [0.15, 0.2) is 27.9 Å². The molecule has 0 radical (unpaired) electrons. The van der Waals surface area contributed by atoms with E-state index < -0.39 is 10.0 Å². The first-order chi connectivity index (χ1) is 8.42. The normalized spacial score (nSPS) is 13.7. The first kappa shape index (κ1) is 13.3. The summed E-state index contributed by atoms with van der Waals surface area (Å²) < 4.78 is 28.8. The molecule has 7 heteroatoms. The number of aromatic nitrogens is 2. The summed E-state index contributed by atoms with van der Waals surface area (Å²) in [6.07, 6.45) is 1.69. The molecule has 5 nitrogen and oxygen atoms in total. The molecular formula is C11H15N3O2S2. The lowest BCUT2D eigenvalue weighted by molar-refractivity contribution is 0.568. The molecule has 2 rings (SSSR count). The smallest absolute Gasteiger partial charge is 0.250 e. The van der Waals surface area contributed by atoms with Crippen LogP contribution in [0, 0.1) is 6.92 Å². The van der Waals surface area contributed by atoms with Gasteiger partial charge in [0, 0.05) is 24.3 Å². The maximum absolute atomic E-state index is 12.1. The lowest BCUT2D eigenvalue weighted by Gasteiger charge is -2.13. The van der Waals surface area contributed by atoms with E-state index in [0.29, 0.717) is 4.21 Å². The first-order valence-corrected chi connectivity index (χ1v) is 7.82. The van der Waals surface area contributed by atoms with Crippen molar-refractivity contribution in [1.29, 1.82) is 0 Å². The molecule has 0 aromatic carbocycles. The molecule has 2 aromatic heterocycles. The van der Waals surface area contributed by atoms with Gasteiger partial charge in [-0.15, -0.1) is 11.3 Å². The zero-order valence-corrected chi connectivity index (χ0v) is 12.0. The Morgan fingerprint density at radius 2 is 2.22 bits per heavy atom. The number of nitrogens with zero attached hydrogens (tertiary/aromatic N) is 2. The second-order valence-electron chi connectivity index (χ2n) is 4.08. The van der Waals surface area contributed by atoms with Crippen LogP contribution in [0.5, 0.6) is 0 Å². The lowest BCUT2D eigenvalue weighted by Crippen LogP contribution is -2.26. The van der Waals surface area contributed by atoms with Crippen LogP contribution in [0.25, 0.3) is 0 Å². The van der Waals surface area contributed by atoms with Crippen molar-refractivity contribution in [2.75, 3.05) is 0 Å². The second-order valence-corrected chi connectivity index (χ2v) is 6.97. The zero-order valence-electron chi connectivity index (χ0n) is 10.4. The van der Waals surface area contributed by atoms with Crippen LogP contribution in [0.1, 0.15) is 24.2 Å². The predicted octanol–water partition coefficient (Wildman–Crippen LogP) is 1.83. The third-order valence-electron chi connectivity index (χ3n) is 2.83. The van der Waals surface area contributed by atoms with Crippen LogP contribution >= 0.6 is 11.3 Å². The fourth-order valence-electron chi connectivity index (χ4n) is 1.71. The standard InChI is InChI=1S/C11H15N3O2S2/c1-8(10-7-12-14(3)9(10)2)13-18(15,16)11-5-4-6-17-11/h4-8,13H,1-3H3/t8-/m1/s1. The van der Waals surface area contributed by atoms with Crippen molar-refractivity contribution in [3.05, 3.63) is 35.0 Å². The van der Waals surface area contributed by atoms with Gasteiger partial charge in [0.15, 0.2) is 0 Å². The first-order valence-electron chi connectivity index (χ1n) is 5.46. The molecule has 1 N–H and O–H groups in total. The van der Waals surface area contributed by atoms with Gasteiger partial charge in [-0.2, -0.15) is 5.10 Å². The average Bonchev–Trinajstić information content (AvgIpc) is 2.90. The van der Waals surface area contributed by atoms with E-state index in [-0.39, 0.29) is 6.04 Å². The third kappa shape index (κ3) is 2.47. The van der Waals surface area contributed by atoms with E-state index in [1.165, 1.54) is 11.3 Å². The number of thiophene rings is 1. The van der Waals surface area contributed by atoms with Crippen molar-refractivity contribution < 1.29 is 8.42 Å². The summed E-state index contributed by atoms with van der Waals surface area (Å²) in [5.74, 6) is 0. The van der Waals surface area contributed by atoms with Crippen molar-refractivity contribution in [1.82, 2.24) is 14.5 Å². The number of rotatable bonds is 4. The molecule has 2 heterocycles. The molecule has 0 aliphatic heterocycles. The molecule has 0 saturated heterocycles. The lowest BCUT2D eigenvalue weighted by atomic mass is 10.1.